The van der Waals surface area contributed by atoms with Gasteiger partial charge in [-0.05, 0) is 31.8 Å². The minimum Gasteiger partial charge on any atom is -0.241 e. The van der Waals surface area contributed by atoms with Gasteiger partial charge in [0.05, 0.1) is 5.69 Å². The molecule has 0 radical (unpaired) electrons. The molecule has 1 nitrogen and oxygen atoms in total. The van der Waals surface area contributed by atoms with Gasteiger partial charge in [-0.2, -0.15) is 0 Å². The Morgan fingerprint density at radius 3 is 2.91 bits per heavy atom. The summed E-state index contributed by atoms with van der Waals surface area (Å²) in [6.45, 7) is 3.72. The van der Waals surface area contributed by atoms with Crippen molar-refractivity contribution in [3.05, 3.63) is 22.2 Å². The lowest BCUT2D eigenvalue weighted by molar-refractivity contribution is 0.682. The number of hydrogen-bond acceptors (Lipinski definition) is 2. The molecule has 1 heterocycles. The van der Waals surface area contributed by atoms with Crippen LogP contribution in [-0.4, -0.2) is 4.98 Å². The highest BCUT2D eigenvalue weighted by atomic mass is 32.1. The summed E-state index contributed by atoms with van der Waals surface area (Å²) < 4.78 is 0. The summed E-state index contributed by atoms with van der Waals surface area (Å²) in [5.41, 5.74) is 1.33. The summed E-state index contributed by atoms with van der Waals surface area (Å²) in [6, 6.07) is 0. The molecule has 0 unspecified atom stereocenters. The smallest absolute Gasteiger partial charge is 0.116 e. The molecular formula is C9H11NS. The van der Waals surface area contributed by atoms with Gasteiger partial charge in [0.2, 0.25) is 0 Å². The summed E-state index contributed by atoms with van der Waals surface area (Å²) in [5.74, 6) is 0. The maximum absolute atomic E-state index is 4.47. The lowest BCUT2D eigenvalue weighted by atomic mass is 10.0. The van der Waals surface area contributed by atoms with Crippen LogP contribution in [0.1, 0.15) is 28.4 Å². The van der Waals surface area contributed by atoms with E-state index in [1.54, 1.807) is 11.3 Å². The Hall–Kier alpha value is -0.630. The number of aromatic nitrogens is 1. The van der Waals surface area contributed by atoms with Crippen molar-refractivity contribution in [1.82, 2.24) is 4.98 Å². The van der Waals surface area contributed by atoms with Gasteiger partial charge in [-0.15, -0.1) is 11.3 Å². The first kappa shape index (κ1) is 7.04. The first-order valence-corrected chi connectivity index (χ1v) is 4.83. The maximum Gasteiger partial charge on any atom is 0.116 e. The van der Waals surface area contributed by atoms with Crippen LogP contribution >= 0.6 is 11.3 Å². The van der Waals surface area contributed by atoms with Crippen molar-refractivity contribution in [2.24, 2.45) is 0 Å². The molecule has 1 aromatic heterocycles. The Labute approximate surface area is 70.8 Å². The molecule has 0 saturated heterocycles. The van der Waals surface area contributed by atoms with Crippen molar-refractivity contribution >= 4 is 17.4 Å². The quantitative estimate of drug-likeness (QED) is 0.623. The van der Waals surface area contributed by atoms with Crippen LogP contribution < -0.4 is 0 Å². The molecule has 1 aliphatic rings. The first-order chi connectivity index (χ1) is 5.40. The summed E-state index contributed by atoms with van der Waals surface area (Å²) in [7, 11) is 0. The Kier molecular flexibility index (Phi) is 1.78. The highest BCUT2D eigenvalue weighted by Crippen LogP contribution is 2.26. The second-order valence-electron chi connectivity index (χ2n) is 2.83. The highest BCUT2D eigenvalue weighted by molar-refractivity contribution is 7.12. The number of aryl methyl sites for hydroxylation is 2. The summed E-state index contributed by atoms with van der Waals surface area (Å²) in [5, 5.41) is 1.09. The van der Waals surface area contributed by atoms with Crippen LogP contribution in [0.3, 0.4) is 0 Å². The van der Waals surface area contributed by atoms with Crippen molar-refractivity contribution in [2.75, 3.05) is 0 Å². The van der Waals surface area contributed by atoms with Crippen LogP contribution in [0.4, 0.5) is 0 Å². The predicted molar refractivity (Wildman–Crippen MR) is 48.8 cm³/mol. The van der Waals surface area contributed by atoms with Crippen LogP contribution in [0.15, 0.2) is 6.58 Å². The lowest BCUT2D eigenvalue weighted by Crippen LogP contribution is -1.98. The van der Waals surface area contributed by atoms with Crippen LogP contribution in [0.5, 0.6) is 0 Å². The monoisotopic (exact) mass is 165 g/mol. The minimum atomic E-state index is 1.09. The molecule has 2 rings (SSSR count). The van der Waals surface area contributed by atoms with E-state index in [4.69, 9.17) is 0 Å². The zero-order valence-corrected chi connectivity index (χ0v) is 7.28. The van der Waals surface area contributed by atoms with Gasteiger partial charge in [-0.25, -0.2) is 4.98 Å². The zero-order chi connectivity index (χ0) is 7.68. The number of hydrogen-bond donors (Lipinski definition) is 0. The molecular weight excluding hydrogens is 154 g/mol. The zero-order valence-electron chi connectivity index (χ0n) is 6.47. The van der Waals surface area contributed by atoms with E-state index in [0.717, 1.165) is 5.01 Å². The molecule has 58 valence electrons. The van der Waals surface area contributed by atoms with E-state index in [2.05, 4.69) is 11.6 Å². The maximum atomic E-state index is 4.47. The Balaban J connectivity index is 2.39. The number of fused-ring (bicyclic) bond motifs is 1. The van der Waals surface area contributed by atoms with E-state index in [-0.39, 0.29) is 0 Å². The van der Waals surface area contributed by atoms with Gasteiger partial charge in [-0.1, -0.05) is 6.58 Å². The van der Waals surface area contributed by atoms with E-state index in [9.17, 15) is 0 Å². The Morgan fingerprint density at radius 2 is 2.18 bits per heavy atom. The molecule has 0 fully saturated rings. The average Bonchev–Trinajstić information content (AvgIpc) is 2.46. The van der Waals surface area contributed by atoms with Crippen LogP contribution in [0.25, 0.3) is 6.08 Å². The molecule has 0 saturated carbocycles. The van der Waals surface area contributed by atoms with Crippen molar-refractivity contribution in [3.8, 4) is 0 Å². The fraction of sp³-hybridized carbons (Fsp3) is 0.444. The van der Waals surface area contributed by atoms with Crippen molar-refractivity contribution < 1.29 is 0 Å². The SMILES string of the molecule is C=Cc1nc2c(s1)CCCC2. The van der Waals surface area contributed by atoms with Crippen LogP contribution in [0.2, 0.25) is 0 Å². The molecule has 0 amide bonds. The first-order valence-electron chi connectivity index (χ1n) is 4.01. The van der Waals surface area contributed by atoms with E-state index < -0.39 is 0 Å². The van der Waals surface area contributed by atoms with E-state index in [1.807, 2.05) is 6.08 Å². The number of thiazole rings is 1. The highest BCUT2D eigenvalue weighted by Gasteiger charge is 2.13. The molecule has 0 aromatic carbocycles. The van der Waals surface area contributed by atoms with Gasteiger partial charge in [0, 0.05) is 4.88 Å². The van der Waals surface area contributed by atoms with Crippen molar-refractivity contribution in [1.29, 1.82) is 0 Å². The molecule has 1 aliphatic carbocycles. The summed E-state index contributed by atoms with van der Waals surface area (Å²) in [6.07, 6.45) is 6.92. The van der Waals surface area contributed by atoms with Crippen LogP contribution in [0, 0.1) is 0 Å². The average molecular weight is 165 g/mol. The van der Waals surface area contributed by atoms with Gasteiger partial charge in [0.15, 0.2) is 0 Å². The van der Waals surface area contributed by atoms with Gasteiger partial charge in [-0.3, -0.25) is 0 Å². The lowest BCUT2D eigenvalue weighted by Gasteiger charge is -2.06. The van der Waals surface area contributed by atoms with E-state index in [0.29, 0.717) is 0 Å². The standard InChI is InChI=1S/C9H11NS/c1-2-9-10-7-5-3-4-6-8(7)11-9/h2H,1,3-6H2. The van der Waals surface area contributed by atoms with Gasteiger partial charge in [0.25, 0.3) is 0 Å². The summed E-state index contributed by atoms with van der Waals surface area (Å²) in [4.78, 5) is 5.96. The molecule has 0 aliphatic heterocycles. The fourth-order valence-electron chi connectivity index (χ4n) is 1.46. The molecule has 0 bridgehead atoms. The normalized spacial score (nSPS) is 16.0. The molecule has 0 atom stereocenters. The number of rotatable bonds is 1. The third kappa shape index (κ3) is 1.23. The summed E-state index contributed by atoms with van der Waals surface area (Å²) >= 11 is 1.81. The molecule has 11 heavy (non-hydrogen) atoms. The molecule has 0 N–H and O–H groups in total. The van der Waals surface area contributed by atoms with Gasteiger partial charge < -0.3 is 0 Å². The second kappa shape index (κ2) is 2.78. The van der Waals surface area contributed by atoms with Gasteiger partial charge in [0.1, 0.15) is 5.01 Å². The van der Waals surface area contributed by atoms with Crippen molar-refractivity contribution in [2.45, 2.75) is 25.7 Å². The van der Waals surface area contributed by atoms with E-state index in [1.165, 1.54) is 36.3 Å². The Morgan fingerprint density at radius 1 is 1.36 bits per heavy atom. The number of nitrogens with zero attached hydrogens (tertiary/aromatic N) is 1. The second-order valence-corrected chi connectivity index (χ2v) is 3.95. The minimum absolute atomic E-state index is 1.09. The third-order valence-corrected chi connectivity index (χ3v) is 3.19. The van der Waals surface area contributed by atoms with Crippen LogP contribution in [-0.2, 0) is 12.8 Å². The molecule has 1 aromatic rings. The fourth-order valence-corrected chi connectivity index (χ4v) is 2.46. The Bertz CT molecular complexity index is 252. The molecule has 2 heteroatoms. The molecule has 0 spiro atoms. The topological polar surface area (TPSA) is 12.9 Å². The van der Waals surface area contributed by atoms with Gasteiger partial charge >= 0.3 is 0 Å². The third-order valence-electron chi connectivity index (χ3n) is 2.04. The predicted octanol–water partition coefficient (Wildman–Crippen LogP) is 2.66. The largest absolute Gasteiger partial charge is 0.241 e. The van der Waals surface area contributed by atoms with E-state index >= 15 is 0 Å². The van der Waals surface area contributed by atoms with Crippen molar-refractivity contribution in [3.63, 3.8) is 0 Å².